The number of ether oxygens (including phenoxy) is 3. The highest BCUT2D eigenvalue weighted by molar-refractivity contribution is 5.62. The van der Waals surface area contributed by atoms with Gasteiger partial charge in [0.1, 0.15) is 11.6 Å². The molecule has 10 heteroatoms. The van der Waals surface area contributed by atoms with Crippen molar-refractivity contribution in [2.75, 3.05) is 40.5 Å². The molecule has 2 aromatic rings. The van der Waals surface area contributed by atoms with Crippen molar-refractivity contribution in [2.24, 2.45) is 0 Å². The molecule has 0 saturated carbocycles. The van der Waals surface area contributed by atoms with E-state index in [0.717, 1.165) is 19.5 Å². The van der Waals surface area contributed by atoms with Crippen LogP contribution in [0.5, 0.6) is 11.5 Å². The predicted molar refractivity (Wildman–Crippen MR) is 110 cm³/mol. The van der Waals surface area contributed by atoms with Gasteiger partial charge in [-0.2, -0.15) is 0 Å². The van der Waals surface area contributed by atoms with Gasteiger partial charge in [0.05, 0.1) is 32.5 Å². The molecule has 170 valence electrons. The van der Waals surface area contributed by atoms with Crippen LogP contribution in [0.2, 0.25) is 0 Å². The summed E-state index contributed by atoms with van der Waals surface area (Å²) in [5.41, 5.74) is 0.391. The molecule has 0 radical (unpaired) electrons. The summed E-state index contributed by atoms with van der Waals surface area (Å²) in [6.45, 7) is 2.22. The first kappa shape index (κ1) is 23.0. The lowest BCUT2D eigenvalue weighted by molar-refractivity contribution is -0.122. The summed E-state index contributed by atoms with van der Waals surface area (Å²) in [6, 6.07) is 3.49. The Bertz CT molecular complexity index is 877. The Balaban J connectivity index is 0.000000858. The topological polar surface area (TPSA) is 106 Å². The zero-order valence-electron chi connectivity index (χ0n) is 17.6. The van der Waals surface area contributed by atoms with E-state index in [1.165, 1.54) is 20.3 Å². The molecule has 4 rings (SSSR count). The Morgan fingerprint density at radius 2 is 1.97 bits per heavy atom. The minimum absolute atomic E-state index is 0.0746. The van der Waals surface area contributed by atoms with E-state index in [0.29, 0.717) is 42.0 Å². The van der Waals surface area contributed by atoms with Crippen LogP contribution in [0.1, 0.15) is 18.9 Å². The zero-order valence-corrected chi connectivity index (χ0v) is 17.6. The second-order valence-electron chi connectivity index (χ2n) is 7.42. The van der Waals surface area contributed by atoms with Crippen LogP contribution < -0.4 is 9.47 Å². The number of carboxylic acid groups (broad SMARTS) is 1. The largest absolute Gasteiger partial charge is 0.493 e. The van der Waals surface area contributed by atoms with Crippen molar-refractivity contribution in [3.8, 4) is 22.9 Å². The number of imidazole rings is 1. The lowest BCUT2D eigenvalue weighted by Gasteiger charge is -2.34. The Hall–Kier alpha value is -2.69. The number of aliphatic hydroxyl groups is 1. The number of methoxy groups -OCH3 is 2. The van der Waals surface area contributed by atoms with Gasteiger partial charge in [0, 0.05) is 50.2 Å². The highest BCUT2D eigenvalue weighted by Crippen LogP contribution is 2.37. The van der Waals surface area contributed by atoms with Gasteiger partial charge >= 0.3 is 0 Å². The number of aliphatic hydroxyl groups excluding tert-OH is 1. The Labute approximate surface area is 180 Å². The quantitative estimate of drug-likeness (QED) is 0.659. The SMILES string of the molecule is COc1cc(F)c(-c2nccn2[C@@H]2C[C@H]3CO[C@@H](CCO)CN3C2)cc1OC.O=CO. The standard InChI is InChI=1S/C20H26FN3O4.CH2O2/c1-26-18-8-16(17(21)9-19(18)27-2)20-22-4-5-24(20)13-7-14-12-28-15(3-6-25)11-23(14)10-13;2-1-3/h4-5,8-9,13-15,25H,3,6-7,10-12H2,1-2H3;1H,(H,2,3)/t13-,14+,15+;/m1./s1. The van der Waals surface area contributed by atoms with Crippen LogP contribution in [0.3, 0.4) is 0 Å². The molecule has 0 spiro atoms. The number of morpholine rings is 1. The predicted octanol–water partition coefficient (Wildman–Crippen LogP) is 1.80. The molecule has 2 aliphatic heterocycles. The summed E-state index contributed by atoms with van der Waals surface area (Å²) >= 11 is 0. The Morgan fingerprint density at radius 1 is 1.26 bits per heavy atom. The third kappa shape index (κ3) is 4.97. The molecule has 0 unspecified atom stereocenters. The monoisotopic (exact) mass is 437 g/mol. The first-order valence-corrected chi connectivity index (χ1v) is 10.0. The third-order valence-corrected chi connectivity index (χ3v) is 5.70. The molecule has 0 amide bonds. The van der Waals surface area contributed by atoms with Crippen LogP contribution in [0, 0.1) is 5.82 Å². The third-order valence-electron chi connectivity index (χ3n) is 5.70. The van der Waals surface area contributed by atoms with E-state index in [2.05, 4.69) is 9.88 Å². The van der Waals surface area contributed by atoms with Gasteiger partial charge in [-0.25, -0.2) is 9.37 Å². The van der Waals surface area contributed by atoms with Crippen molar-refractivity contribution in [1.82, 2.24) is 14.5 Å². The van der Waals surface area contributed by atoms with Gasteiger partial charge in [-0.05, 0) is 18.9 Å². The fraction of sp³-hybridized carbons (Fsp3) is 0.524. The lowest BCUT2D eigenvalue weighted by Crippen LogP contribution is -2.46. The van der Waals surface area contributed by atoms with Crippen LogP contribution >= 0.6 is 0 Å². The molecule has 3 atom stereocenters. The second-order valence-corrected chi connectivity index (χ2v) is 7.42. The van der Waals surface area contributed by atoms with Crippen LogP contribution in [-0.4, -0.2) is 83.8 Å². The Kier molecular flexibility index (Phi) is 7.83. The van der Waals surface area contributed by atoms with Crippen LogP contribution in [-0.2, 0) is 9.53 Å². The maximum atomic E-state index is 14.8. The molecule has 9 nitrogen and oxygen atoms in total. The van der Waals surface area contributed by atoms with Crippen molar-refractivity contribution in [3.63, 3.8) is 0 Å². The number of carbonyl (C=O) groups is 1. The maximum Gasteiger partial charge on any atom is 0.290 e. The van der Waals surface area contributed by atoms with Crippen LogP contribution in [0.4, 0.5) is 4.39 Å². The summed E-state index contributed by atoms with van der Waals surface area (Å²) in [6.07, 6.45) is 5.25. The Morgan fingerprint density at radius 3 is 2.65 bits per heavy atom. The number of aromatic nitrogens is 2. The van der Waals surface area contributed by atoms with E-state index in [1.54, 1.807) is 12.3 Å². The summed E-state index contributed by atoms with van der Waals surface area (Å²) in [5, 5.41) is 16.1. The smallest absolute Gasteiger partial charge is 0.290 e. The maximum absolute atomic E-state index is 14.8. The van der Waals surface area contributed by atoms with Crippen LogP contribution in [0.15, 0.2) is 24.5 Å². The summed E-state index contributed by atoms with van der Waals surface area (Å²) in [7, 11) is 3.02. The molecular formula is C21H28FN3O6. The van der Waals surface area contributed by atoms with E-state index in [9.17, 15) is 4.39 Å². The number of hydrogen-bond acceptors (Lipinski definition) is 7. The van der Waals surface area contributed by atoms with Gasteiger partial charge in [0.2, 0.25) is 0 Å². The van der Waals surface area contributed by atoms with Crippen molar-refractivity contribution in [2.45, 2.75) is 31.0 Å². The van der Waals surface area contributed by atoms with Crippen molar-refractivity contribution >= 4 is 6.47 Å². The zero-order chi connectivity index (χ0) is 22.4. The molecule has 1 aromatic carbocycles. The molecule has 1 aromatic heterocycles. The number of rotatable bonds is 6. The number of benzene rings is 1. The van der Waals surface area contributed by atoms with Crippen molar-refractivity contribution in [3.05, 3.63) is 30.3 Å². The van der Waals surface area contributed by atoms with E-state index >= 15 is 0 Å². The molecule has 31 heavy (non-hydrogen) atoms. The number of nitrogens with zero attached hydrogens (tertiary/aromatic N) is 3. The average Bonchev–Trinajstić information content (AvgIpc) is 3.40. The lowest BCUT2D eigenvalue weighted by atomic mass is 10.1. The van der Waals surface area contributed by atoms with Crippen molar-refractivity contribution in [1.29, 1.82) is 0 Å². The van der Waals surface area contributed by atoms with Gasteiger partial charge in [-0.15, -0.1) is 0 Å². The van der Waals surface area contributed by atoms with E-state index < -0.39 is 5.82 Å². The summed E-state index contributed by atoms with van der Waals surface area (Å²) in [5.74, 6) is 1.01. The van der Waals surface area contributed by atoms with Crippen molar-refractivity contribution < 1.29 is 33.6 Å². The van der Waals surface area contributed by atoms with Gasteiger partial charge in [0.25, 0.3) is 6.47 Å². The average molecular weight is 437 g/mol. The highest BCUT2D eigenvalue weighted by atomic mass is 19.1. The molecule has 2 fully saturated rings. The molecule has 0 bridgehead atoms. The molecule has 2 N–H and O–H groups in total. The van der Waals surface area contributed by atoms with Crippen LogP contribution in [0.25, 0.3) is 11.4 Å². The molecule has 2 saturated heterocycles. The molecule has 0 aliphatic carbocycles. The number of fused-ring (bicyclic) bond motifs is 1. The first-order chi connectivity index (χ1) is 15.1. The summed E-state index contributed by atoms with van der Waals surface area (Å²) < 4.78 is 33.2. The van der Waals surface area contributed by atoms with Gasteiger partial charge < -0.3 is 29.0 Å². The molecule has 3 heterocycles. The molecule has 2 aliphatic rings. The second kappa shape index (κ2) is 10.6. The highest BCUT2D eigenvalue weighted by Gasteiger charge is 2.38. The number of hydrogen-bond donors (Lipinski definition) is 2. The van der Waals surface area contributed by atoms with E-state index in [1.807, 2.05) is 10.8 Å². The molecular weight excluding hydrogens is 409 g/mol. The number of halogens is 1. The minimum atomic E-state index is -0.396. The van der Waals surface area contributed by atoms with Gasteiger partial charge in [0.15, 0.2) is 11.5 Å². The normalized spacial score (nSPS) is 22.9. The minimum Gasteiger partial charge on any atom is -0.493 e. The van der Waals surface area contributed by atoms with E-state index in [4.69, 9.17) is 29.2 Å². The van der Waals surface area contributed by atoms with Gasteiger partial charge in [-0.1, -0.05) is 0 Å². The fourth-order valence-electron chi connectivity index (χ4n) is 4.28. The summed E-state index contributed by atoms with van der Waals surface area (Å²) in [4.78, 5) is 15.2. The fourth-order valence-corrected chi connectivity index (χ4v) is 4.28. The van der Waals surface area contributed by atoms with E-state index in [-0.39, 0.29) is 25.2 Å². The first-order valence-electron chi connectivity index (χ1n) is 10.0. The van der Waals surface area contributed by atoms with Gasteiger partial charge in [-0.3, -0.25) is 9.69 Å².